The highest BCUT2D eigenvalue weighted by molar-refractivity contribution is 5.78. The first-order valence-corrected chi connectivity index (χ1v) is 6.88. The Bertz CT molecular complexity index is 455. The summed E-state index contributed by atoms with van der Waals surface area (Å²) in [5.41, 5.74) is 0.144. The summed E-state index contributed by atoms with van der Waals surface area (Å²) in [6.45, 7) is 5.01. The van der Waals surface area contributed by atoms with Crippen molar-refractivity contribution in [2.75, 3.05) is 33.3 Å². The number of carboxylic acids is 1. The van der Waals surface area contributed by atoms with Crippen LogP contribution in [0.25, 0.3) is 0 Å². The Labute approximate surface area is 119 Å². The third kappa shape index (κ3) is 3.11. The topological polar surface area (TPSA) is 61.8 Å². The number of aliphatic carboxylic acids is 1. The van der Waals surface area contributed by atoms with E-state index in [4.69, 9.17) is 4.74 Å². The molecule has 1 atom stereocenters. The number of ether oxygens (including phenoxy) is 1. The van der Waals surface area contributed by atoms with Crippen molar-refractivity contribution in [1.82, 2.24) is 10.2 Å². The quantitative estimate of drug-likeness (QED) is 0.841. The minimum Gasteiger partial charge on any atom is -0.497 e. The lowest BCUT2D eigenvalue weighted by atomic mass is 9.90. The molecule has 2 rings (SSSR count). The van der Waals surface area contributed by atoms with E-state index in [0.29, 0.717) is 6.42 Å². The van der Waals surface area contributed by atoms with Crippen LogP contribution in [0.2, 0.25) is 0 Å². The van der Waals surface area contributed by atoms with Crippen molar-refractivity contribution in [3.8, 4) is 5.75 Å². The Kier molecular flexibility index (Phi) is 4.62. The molecule has 0 aliphatic carbocycles. The molecule has 1 saturated heterocycles. The van der Waals surface area contributed by atoms with Crippen molar-refractivity contribution in [2.45, 2.75) is 18.9 Å². The first kappa shape index (κ1) is 14.8. The molecule has 110 valence electrons. The molecule has 1 aromatic rings. The Morgan fingerprint density at radius 2 is 1.95 bits per heavy atom. The number of carboxylic acid groups (broad SMARTS) is 1. The fourth-order valence-electron chi connectivity index (χ4n) is 2.62. The molecule has 1 aliphatic heterocycles. The smallest absolute Gasteiger partial charge is 0.324 e. The number of benzene rings is 1. The average molecular weight is 278 g/mol. The van der Waals surface area contributed by atoms with Gasteiger partial charge in [0.25, 0.3) is 0 Å². The summed E-state index contributed by atoms with van der Waals surface area (Å²) in [6, 6.07) is 7.61. The summed E-state index contributed by atoms with van der Waals surface area (Å²) < 4.78 is 5.13. The van der Waals surface area contributed by atoms with Crippen LogP contribution in [0, 0.1) is 0 Å². The van der Waals surface area contributed by atoms with Gasteiger partial charge in [-0.25, -0.2) is 0 Å². The van der Waals surface area contributed by atoms with Crippen LogP contribution in [-0.2, 0) is 11.2 Å². The van der Waals surface area contributed by atoms with Crippen molar-refractivity contribution >= 4 is 5.97 Å². The second-order valence-corrected chi connectivity index (χ2v) is 5.34. The third-order valence-electron chi connectivity index (χ3n) is 3.98. The predicted molar refractivity (Wildman–Crippen MR) is 77.2 cm³/mol. The van der Waals surface area contributed by atoms with E-state index in [1.54, 1.807) is 7.11 Å². The SMILES string of the molecule is COc1ccc(CC(C)(C(=O)O)N2CCNCC2)cc1. The molecule has 0 radical (unpaired) electrons. The average Bonchev–Trinajstić information content (AvgIpc) is 2.48. The van der Waals surface area contributed by atoms with Crippen LogP contribution in [0.3, 0.4) is 0 Å². The van der Waals surface area contributed by atoms with Gasteiger partial charge in [0, 0.05) is 32.6 Å². The van der Waals surface area contributed by atoms with E-state index < -0.39 is 11.5 Å². The van der Waals surface area contributed by atoms with Crippen LogP contribution in [0.1, 0.15) is 12.5 Å². The maximum atomic E-state index is 11.8. The van der Waals surface area contributed by atoms with Crippen LogP contribution in [-0.4, -0.2) is 54.8 Å². The van der Waals surface area contributed by atoms with Gasteiger partial charge in [-0.2, -0.15) is 0 Å². The number of nitrogens with zero attached hydrogens (tertiary/aromatic N) is 1. The minimum atomic E-state index is -0.864. The molecule has 2 N–H and O–H groups in total. The van der Waals surface area contributed by atoms with Crippen LogP contribution < -0.4 is 10.1 Å². The lowest BCUT2D eigenvalue weighted by Gasteiger charge is -2.40. The number of hydrogen-bond donors (Lipinski definition) is 2. The molecular formula is C15H22N2O3. The van der Waals surface area contributed by atoms with Gasteiger partial charge in [-0.3, -0.25) is 9.69 Å². The number of piperazine rings is 1. The predicted octanol–water partition coefficient (Wildman–Crippen LogP) is 0.986. The van der Waals surface area contributed by atoms with Gasteiger partial charge in [0.15, 0.2) is 0 Å². The fourth-order valence-corrected chi connectivity index (χ4v) is 2.62. The second kappa shape index (κ2) is 6.24. The van der Waals surface area contributed by atoms with E-state index in [2.05, 4.69) is 10.2 Å². The van der Waals surface area contributed by atoms with Gasteiger partial charge in [-0.1, -0.05) is 12.1 Å². The zero-order valence-corrected chi connectivity index (χ0v) is 12.1. The number of nitrogens with one attached hydrogen (secondary N) is 1. The molecule has 5 heteroatoms. The highest BCUT2D eigenvalue weighted by Gasteiger charge is 2.40. The zero-order valence-electron chi connectivity index (χ0n) is 12.1. The third-order valence-corrected chi connectivity index (χ3v) is 3.98. The fraction of sp³-hybridized carbons (Fsp3) is 0.533. The van der Waals surface area contributed by atoms with Gasteiger partial charge in [0.2, 0.25) is 0 Å². The maximum Gasteiger partial charge on any atom is 0.324 e. The lowest BCUT2D eigenvalue weighted by molar-refractivity contribution is -0.151. The van der Waals surface area contributed by atoms with Crippen molar-refractivity contribution < 1.29 is 14.6 Å². The summed E-state index contributed by atoms with van der Waals surface area (Å²) in [5.74, 6) is 0.0168. The first-order chi connectivity index (χ1) is 9.56. The van der Waals surface area contributed by atoms with Crippen molar-refractivity contribution in [1.29, 1.82) is 0 Å². The van der Waals surface area contributed by atoms with Gasteiger partial charge in [0.05, 0.1) is 7.11 Å². The Morgan fingerprint density at radius 3 is 2.45 bits per heavy atom. The summed E-state index contributed by atoms with van der Waals surface area (Å²) in [4.78, 5) is 13.8. The highest BCUT2D eigenvalue weighted by atomic mass is 16.5. The Morgan fingerprint density at radius 1 is 1.35 bits per heavy atom. The molecule has 0 amide bonds. The monoisotopic (exact) mass is 278 g/mol. The normalized spacial score (nSPS) is 19.3. The number of carbonyl (C=O) groups is 1. The summed E-state index contributed by atoms with van der Waals surface area (Å²) in [6.07, 6.45) is 0.492. The van der Waals surface area contributed by atoms with Crippen LogP contribution in [0.4, 0.5) is 0 Å². The molecular weight excluding hydrogens is 256 g/mol. The van der Waals surface area contributed by atoms with Gasteiger partial charge in [0.1, 0.15) is 11.3 Å². The molecule has 20 heavy (non-hydrogen) atoms. The summed E-state index contributed by atoms with van der Waals surface area (Å²) >= 11 is 0. The van der Waals surface area contributed by atoms with Crippen molar-refractivity contribution in [3.63, 3.8) is 0 Å². The van der Waals surface area contributed by atoms with Crippen LogP contribution in [0.15, 0.2) is 24.3 Å². The molecule has 0 bridgehead atoms. The molecule has 1 aliphatic rings. The number of rotatable bonds is 5. The van der Waals surface area contributed by atoms with Gasteiger partial charge >= 0.3 is 5.97 Å². The van der Waals surface area contributed by atoms with Gasteiger partial charge in [-0.15, -0.1) is 0 Å². The molecule has 1 heterocycles. The Balaban J connectivity index is 2.16. The molecule has 1 fully saturated rings. The van der Waals surface area contributed by atoms with Crippen molar-refractivity contribution in [2.24, 2.45) is 0 Å². The maximum absolute atomic E-state index is 11.8. The zero-order chi connectivity index (χ0) is 14.6. The molecule has 5 nitrogen and oxygen atoms in total. The van der Waals surface area contributed by atoms with Gasteiger partial charge in [-0.05, 0) is 24.6 Å². The summed E-state index contributed by atoms with van der Waals surface area (Å²) in [5, 5.41) is 12.9. The van der Waals surface area contributed by atoms with E-state index >= 15 is 0 Å². The molecule has 0 aromatic heterocycles. The van der Waals surface area contributed by atoms with E-state index in [1.165, 1.54) is 0 Å². The molecule has 0 saturated carbocycles. The van der Waals surface area contributed by atoms with Crippen molar-refractivity contribution in [3.05, 3.63) is 29.8 Å². The number of hydrogen-bond acceptors (Lipinski definition) is 4. The number of methoxy groups -OCH3 is 1. The highest BCUT2D eigenvalue weighted by Crippen LogP contribution is 2.23. The van der Waals surface area contributed by atoms with E-state index in [0.717, 1.165) is 37.5 Å². The minimum absolute atomic E-state index is 0.492. The molecule has 1 unspecified atom stereocenters. The lowest BCUT2D eigenvalue weighted by Crippen LogP contribution is -2.59. The first-order valence-electron chi connectivity index (χ1n) is 6.88. The molecule has 0 spiro atoms. The summed E-state index contributed by atoms with van der Waals surface area (Å²) in [7, 11) is 1.62. The van der Waals surface area contributed by atoms with Crippen LogP contribution in [0.5, 0.6) is 5.75 Å². The molecule has 1 aromatic carbocycles. The van der Waals surface area contributed by atoms with Gasteiger partial charge < -0.3 is 15.2 Å². The van der Waals surface area contributed by atoms with E-state index in [1.807, 2.05) is 31.2 Å². The second-order valence-electron chi connectivity index (χ2n) is 5.34. The largest absolute Gasteiger partial charge is 0.497 e. The standard InChI is InChI=1S/C15H22N2O3/c1-15(14(18)19,17-9-7-16-8-10-17)11-12-3-5-13(20-2)6-4-12/h3-6,16H,7-11H2,1-2H3,(H,18,19). The van der Waals surface area contributed by atoms with Crippen LogP contribution >= 0.6 is 0 Å². The Hall–Kier alpha value is -1.59. The van der Waals surface area contributed by atoms with E-state index in [-0.39, 0.29) is 0 Å². The van der Waals surface area contributed by atoms with E-state index in [9.17, 15) is 9.90 Å².